The smallest absolute Gasteiger partial charge is 0.330 e. The molecule has 0 spiro atoms. The number of carbonyl (C=O) groups is 11. The van der Waals surface area contributed by atoms with Gasteiger partial charge in [0.05, 0.1) is 31.5 Å². The molecule has 11 amide bonds. The quantitative estimate of drug-likeness (QED) is 0.00710. The van der Waals surface area contributed by atoms with E-state index in [9.17, 15) is 48.3 Å². The number of aliphatic hydroxyl groups excluding tert-OH is 1. The molecule has 5 heterocycles. The minimum absolute atomic E-state index is 0.0250. The van der Waals surface area contributed by atoms with Crippen LogP contribution in [0.1, 0.15) is 69.7 Å². The number of hydrazine groups is 1. The van der Waals surface area contributed by atoms with Gasteiger partial charge in [-0.3, -0.25) is 58.8 Å². The van der Waals surface area contributed by atoms with Gasteiger partial charge in [-0.1, -0.05) is 91.0 Å². The zero-order valence-electron chi connectivity index (χ0n) is 55.0. The van der Waals surface area contributed by atoms with Crippen LogP contribution in [0, 0.1) is 5.41 Å². The summed E-state index contributed by atoms with van der Waals surface area (Å²) < 4.78 is 0. The van der Waals surface area contributed by atoms with Crippen molar-refractivity contribution in [2.45, 2.75) is 106 Å². The summed E-state index contributed by atoms with van der Waals surface area (Å²) >= 11 is 0. The van der Waals surface area contributed by atoms with Gasteiger partial charge in [-0.05, 0) is 61.6 Å². The maximum atomic E-state index is 15.3. The van der Waals surface area contributed by atoms with E-state index in [4.69, 9.17) is 16.9 Å². The Kier molecular flexibility index (Phi) is 25.5. The van der Waals surface area contributed by atoms with Crippen LogP contribution >= 0.6 is 0 Å². The van der Waals surface area contributed by atoms with Crippen LogP contribution in [0.25, 0.3) is 21.8 Å². The van der Waals surface area contributed by atoms with Crippen molar-refractivity contribution < 1.29 is 57.8 Å². The molecule has 0 radical (unpaired) electrons. The molecule has 0 saturated carbocycles. The van der Waals surface area contributed by atoms with Gasteiger partial charge < -0.3 is 89.3 Å². The number of nitrogens with one attached hydrogen (secondary N) is 16. The average molecular weight is 1380 g/mol. The number of rotatable bonds is 34. The molecule has 0 aliphatic carbocycles. The van der Waals surface area contributed by atoms with Crippen molar-refractivity contribution in [3.63, 3.8) is 0 Å². The van der Waals surface area contributed by atoms with Crippen LogP contribution < -0.4 is 70.2 Å². The first-order valence-electron chi connectivity index (χ1n) is 32.6. The van der Waals surface area contributed by atoms with Crippen LogP contribution in [0.5, 0.6) is 0 Å². The van der Waals surface area contributed by atoms with E-state index in [2.05, 4.69) is 83.2 Å². The summed E-state index contributed by atoms with van der Waals surface area (Å²) in [7, 11) is 1.55. The third-order valence-electron chi connectivity index (χ3n) is 16.9. The largest absolute Gasteiger partial charge is 0.394 e. The SMILES string of the molecule is CNCC(=O)N[C@@H](Cc1c[nH]cn1)C(=O)N[C@@H](Cc1c[nH]c2ccccc12)C(=O)N[C@@H](CO)C(=O)N[C@@H](Cc1cnc[nH]1)C(=O)N[C@H](CCCNC(=N)N)C(=O)N[C@@H](Cc1c[nH]c2ccccc12)C(=O)N[C@@H](Cc1ccc(C(=O)c2ccccc2)cc1)C(=O)N1CCC[C@H]1C(=O)NNC(N)=O. The van der Waals surface area contributed by atoms with E-state index >= 15 is 9.59 Å². The van der Waals surface area contributed by atoms with Gasteiger partial charge in [-0.2, -0.15) is 0 Å². The predicted octanol–water partition coefficient (Wildman–Crippen LogP) is -1.60. The molecule has 530 valence electrons. The molecule has 1 aliphatic heterocycles. The predicted molar refractivity (Wildman–Crippen MR) is 368 cm³/mol. The van der Waals surface area contributed by atoms with Gasteiger partial charge in [0.15, 0.2) is 11.7 Å². The first-order chi connectivity index (χ1) is 48.7. The number of likely N-dealkylation sites (N-methyl/N-ethyl adjacent to an activating group) is 1. The molecule has 4 aromatic heterocycles. The molecule has 0 bridgehead atoms. The van der Waals surface area contributed by atoms with Crippen LogP contribution in [0.4, 0.5) is 4.79 Å². The lowest BCUT2D eigenvalue weighted by Gasteiger charge is -2.30. The van der Waals surface area contributed by atoms with Crippen LogP contribution in [0.2, 0.25) is 0 Å². The Morgan fingerprint density at radius 1 is 0.594 bits per heavy atom. The van der Waals surface area contributed by atoms with E-state index in [0.29, 0.717) is 67.4 Å². The maximum Gasteiger partial charge on any atom is 0.330 e. The second kappa shape index (κ2) is 35.3. The van der Waals surface area contributed by atoms with Gasteiger partial charge in [0.2, 0.25) is 47.3 Å². The third-order valence-corrected chi connectivity index (χ3v) is 16.9. The van der Waals surface area contributed by atoms with Crippen molar-refractivity contribution in [1.82, 2.24) is 93.5 Å². The molecule has 0 unspecified atom stereocenters. The number of carbonyl (C=O) groups excluding carboxylic acids is 11. The number of H-pyrrole nitrogens is 4. The summed E-state index contributed by atoms with van der Waals surface area (Å²) in [5, 5.41) is 44.3. The lowest BCUT2D eigenvalue weighted by molar-refractivity contribution is -0.142. The van der Waals surface area contributed by atoms with Gasteiger partial charge in [-0.25, -0.2) is 20.2 Å². The van der Waals surface area contributed by atoms with Crippen molar-refractivity contribution >= 4 is 92.7 Å². The number of likely N-dealkylation sites (tertiary alicyclic amines) is 1. The highest BCUT2D eigenvalue weighted by Crippen LogP contribution is 2.24. The number of fused-ring (bicyclic) bond motifs is 2. The number of ketones is 1. The molecule has 33 nitrogen and oxygen atoms in total. The summed E-state index contributed by atoms with van der Waals surface area (Å²) in [4.78, 5) is 177. The number of primary amides is 1. The van der Waals surface area contributed by atoms with E-state index in [1.807, 2.05) is 11.5 Å². The summed E-state index contributed by atoms with van der Waals surface area (Å²) in [5.74, 6) is -8.25. The first-order valence-corrected chi connectivity index (χ1v) is 32.6. The second-order valence-electron chi connectivity index (χ2n) is 24.1. The van der Waals surface area contributed by atoms with Crippen molar-refractivity contribution in [3.8, 4) is 0 Å². The van der Waals surface area contributed by atoms with E-state index in [1.165, 1.54) is 29.9 Å². The standard InChI is InChI=1S/C68H81N21O12/c1-72-34-57(91)80-52(28-43-32-73-36-78-43)62(96)83-51(27-42-31-77-48-16-8-6-14-46(42)48)61(95)86-55(35-90)64(98)84-53(29-44-33-74-37-79-44)63(97)81-49(17-9-23-75-67(69)70)59(93)82-50(26-41-30-76-47-15-7-5-13-45(41)47)60(94)85-54(66(100)89-24-10-18-56(89)65(99)87-88-68(71)101)25-38-19-21-40(22-20-38)58(92)39-11-3-2-4-12-39/h2-8,11-16,19-22,30-33,36-37,49-56,72,76-77,90H,9-10,17-18,23-29,34-35H2,1H3,(H,73,78)(H,74,79)(H,80,91)(H,81,97)(H,82,93)(H,83,96)(H,84,98)(H,85,94)(H,86,95)(H,87,99)(H4,69,70,75)(H3,71,88,101)/t49-,50+,51+,52+,53+,54+,55+,56+/m1/s1. The van der Waals surface area contributed by atoms with Gasteiger partial charge in [0.1, 0.15) is 48.3 Å². The third kappa shape index (κ3) is 20.2. The molecule has 9 rings (SSSR count). The highest BCUT2D eigenvalue weighted by atomic mass is 16.3. The van der Waals surface area contributed by atoms with Crippen molar-refractivity contribution in [1.29, 1.82) is 5.41 Å². The van der Waals surface area contributed by atoms with E-state index in [0.717, 1.165) is 0 Å². The topological polar surface area (TPSA) is 508 Å². The summed E-state index contributed by atoms with van der Waals surface area (Å²) in [6, 6.07) is 16.6. The van der Waals surface area contributed by atoms with E-state index in [1.54, 1.807) is 117 Å². The minimum atomic E-state index is -1.79. The fourth-order valence-electron chi connectivity index (χ4n) is 11.8. The van der Waals surface area contributed by atoms with Gasteiger partial charge in [-0.15, -0.1) is 0 Å². The molecule has 8 aromatic rings. The number of imidazole rings is 2. The molecule has 1 saturated heterocycles. The normalized spacial score (nSPS) is 14.7. The highest BCUT2D eigenvalue weighted by Gasteiger charge is 2.40. The number of nitrogens with zero attached hydrogens (tertiary/aromatic N) is 3. The summed E-state index contributed by atoms with van der Waals surface area (Å²) in [6.07, 6.45) is 8.40. The monoisotopic (exact) mass is 1380 g/mol. The molecule has 101 heavy (non-hydrogen) atoms. The number of nitrogens with two attached hydrogens (primary N) is 2. The van der Waals surface area contributed by atoms with Crippen LogP contribution in [-0.4, -0.2) is 192 Å². The van der Waals surface area contributed by atoms with Crippen LogP contribution in [0.3, 0.4) is 0 Å². The Labute approximate surface area is 577 Å². The van der Waals surface area contributed by atoms with Crippen molar-refractivity contribution in [2.24, 2.45) is 11.5 Å². The molecule has 1 fully saturated rings. The maximum absolute atomic E-state index is 15.3. The minimum Gasteiger partial charge on any atom is -0.394 e. The number of urea groups is 1. The summed E-state index contributed by atoms with van der Waals surface area (Å²) in [5.41, 5.74) is 19.6. The number of aromatic nitrogens is 6. The lowest BCUT2D eigenvalue weighted by atomic mass is 9.98. The lowest BCUT2D eigenvalue weighted by Crippen LogP contribution is -2.61. The average Bonchev–Trinajstić information content (AvgIpc) is 1.77. The van der Waals surface area contributed by atoms with E-state index in [-0.39, 0.29) is 76.8 Å². The van der Waals surface area contributed by atoms with Crippen molar-refractivity contribution in [2.75, 3.05) is 33.3 Å². The molecule has 21 N–H and O–H groups in total. The van der Waals surface area contributed by atoms with E-state index < -0.39 is 120 Å². The fraction of sp³-hybridized carbons (Fsp3) is 0.324. The number of benzene rings is 4. The fourth-order valence-corrected chi connectivity index (χ4v) is 11.8. The number of hydrogen-bond donors (Lipinski definition) is 19. The highest BCUT2D eigenvalue weighted by molar-refractivity contribution is 6.09. The molecule has 33 heteroatoms. The molecular formula is C68H81N21O12. The number of para-hydroxylation sites is 2. The molecular weight excluding hydrogens is 1300 g/mol. The van der Waals surface area contributed by atoms with Gasteiger partial charge in [0.25, 0.3) is 5.91 Å². The van der Waals surface area contributed by atoms with Crippen LogP contribution in [-0.2, 0) is 75.3 Å². The first kappa shape index (κ1) is 73.0. The Morgan fingerprint density at radius 3 is 1.70 bits per heavy atom. The molecule has 4 aromatic carbocycles. The zero-order chi connectivity index (χ0) is 72.0. The van der Waals surface area contributed by atoms with Crippen molar-refractivity contribution in [3.05, 3.63) is 180 Å². The summed E-state index contributed by atoms with van der Waals surface area (Å²) in [6.45, 7) is -1.08. The zero-order valence-corrected chi connectivity index (χ0v) is 55.0. The number of amides is 11. The second-order valence-corrected chi connectivity index (χ2v) is 24.1. The number of hydrogen-bond acceptors (Lipinski definition) is 16. The number of aliphatic hydroxyl groups is 1. The number of aromatic amines is 4. The Morgan fingerprint density at radius 2 is 1.14 bits per heavy atom. The molecule has 8 atom stereocenters. The Bertz CT molecular complexity index is 4220. The Balaban J connectivity index is 0.981. The molecule has 1 aliphatic rings. The van der Waals surface area contributed by atoms with Gasteiger partial charge >= 0.3 is 6.03 Å². The Hall–Kier alpha value is -12.3. The number of guanidine groups is 1. The van der Waals surface area contributed by atoms with Crippen LogP contribution in [0.15, 0.2) is 141 Å². The van der Waals surface area contributed by atoms with Gasteiger partial charge in [0, 0.05) is 109 Å².